The summed E-state index contributed by atoms with van der Waals surface area (Å²) in [7, 11) is 0. The maximum atomic E-state index is 12.6. The van der Waals surface area contributed by atoms with Gasteiger partial charge < -0.3 is 5.32 Å². The number of fused-ring (bicyclic) bond motifs is 1. The quantitative estimate of drug-likeness (QED) is 0.778. The van der Waals surface area contributed by atoms with E-state index < -0.39 is 0 Å². The van der Waals surface area contributed by atoms with Gasteiger partial charge in [0.05, 0.1) is 11.2 Å². The van der Waals surface area contributed by atoms with E-state index in [1.165, 1.54) is 4.88 Å². The normalized spacial score (nSPS) is 20.5. The second kappa shape index (κ2) is 5.54. The van der Waals surface area contributed by atoms with Crippen LogP contribution < -0.4 is 5.32 Å². The minimum atomic E-state index is 0.0811. The Bertz CT molecular complexity index is 808. The van der Waals surface area contributed by atoms with Gasteiger partial charge in [0.1, 0.15) is 0 Å². The number of rotatable bonds is 3. The van der Waals surface area contributed by atoms with Crippen molar-refractivity contribution < 1.29 is 4.79 Å². The number of anilines is 1. The van der Waals surface area contributed by atoms with E-state index in [0.717, 1.165) is 29.4 Å². The number of hydrogen-bond acceptors (Lipinski definition) is 3. The van der Waals surface area contributed by atoms with Crippen molar-refractivity contribution in [2.45, 2.75) is 18.8 Å². The third-order valence-corrected chi connectivity index (χ3v) is 5.41. The molecule has 3 nitrogen and oxygen atoms in total. The molecular formula is C18H16N2OS. The number of nitrogens with zero attached hydrogens (tertiary/aromatic N) is 1. The lowest BCUT2D eigenvalue weighted by Gasteiger charge is -2.34. The van der Waals surface area contributed by atoms with E-state index >= 15 is 0 Å². The number of amides is 1. The molecule has 0 saturated heterocycles. The lowest BCUT2D eigenvalue weighted by molar-refractivity contribution is -0.123. The summed E-state index contributed by atoms with van der Waals surface area (Å²) in [4.78, 5) is 18.3. The van der Waals surface area contributed by atoms with Crippen molar-refractivity contribution in [3.8, 4) is 0 Å². The van der Waals surface area contributed by atoms with E-state index in [0.29, 0.717) is 5.92 Å². The number of thiophene rings is 1. The highest BCUT2D eigenvalue weighted by molar-refractivity contribution is 7.10. The van der Waals surface area contributed by atoms with Crippen LogP contribution in [0.5, 0.6) is 0 Å². The topological polar surface area (TPSA) is 42.0 Å². The lowest BCUT2D eigenvalue weighted by atomic mass is 9.72. The smallest absolute Gasteiger partial charge is 0.228 e. The van der Waals surface area contributed by atoms with E-state index in [9.17, 15) is 4.79 Å². The number of carbonyl (C=O) groups is 1. The third kappa shape index (κ3) is 2.29. The number of para-hydroxylation sites is 1. The second-order valence-corrected chi connectivity index (χ2v) is 6.65. The van der Waals surface area contributed by atoms with E-state index in [1.54, 1.807) is 17.5 Å². The zero-order chi connectivity index (χ0) is 14.9. The monoisotopic (exact) mass is 308 g/mol. The first-order chi connectivity index (χ1) is 10.8. The SMILES string of the molecule is O=C(Nc1cccc2cccnc12)[C@@H]1CC[C@@H]1c1cccs1. The first-order valence-electron chi connectivity index (χ1n) is 7.51. The zero-order valence-corrected chi connectivity index (χ0v) is 12.8. The van der Waals surface area contributed by atoms with Crippen molar-refractivity contribution in [2.75, 3.05) is 5.32 Å². The molecule has 4 heteroatoms. The average Bonchev–Trinajstić information content (AvgIpc) is 3.00. The lowest BCUT2D eigenvalue weighted by Crippen LogP contribution is -2.35. The van der Waals surface area contributed by atoms with Gasteiger partial charge in [-0.05, 0) is 36.4 Å². The maximum absolute atomic E-state index is 12.6. The fraction of sp³-hybridized carbons (Fsp3) is 0.222. The van der Waals surface area contributed by atoms with Gasteiger partial charge >= 0.3 is 0 Å². The van der Waals surface area contributed by atoms with Crippen LogP contribution in [0.15, 0.2) is 54.0 Å². The molecule has 1 saturated carbocycles. The Morgan fingerprint density at radius 2 is 2.05 bits per heavy atom. The van der Waals surface area contributed by atoms with Crippen LogP contribution in [-0.2, 0) is 4.79 Å². The number of nitrogens with one attached hydrogen (secondary N) is 1. The highest BCUT2D eigenvalue weighted by atomic mass is 32.1. The van der Waals surface area contributed by atoms with Crippen molar-refractivity contribution in [2.24, 2.45) is 5.92 Å². The van der Waals surface area contributed by atoms with Gasteiger partial charge in [-0.3, -0.25) is 9.78 Å². The Balaban J connectivity index is 1.57. The summed E-state index contributed by atoms with van der Waals surface area (Å²) in [5.41, 5.74) is 1.66. The molecule has 0 aliphatic heterocycles. The molecule has 2 aromatic heterocycles. The van der Waals surface area contributed by atoms with Crippen molar-refractivity contribution in [3.63, 3.8) is 0 Å². The van der Waals surface area contributed by atoms with Gasteiger partial charge in [0.15, 0.2) is 0 Å². The largest absolute Gasteiger partial charge is 0.324 e. The summed E-state index contributed by atoms with van der Waals surface area (Å²) >= 11 is 1.74. The Hall–Kier alpha value is -2.20. The molecule has 1 aromatic carbocycles. The van der Waals surface area contributed by atoms with Crippen LogP contribution >= 0.6 is 11.3 Å². The van der Waals surface area contributed by atoms with E-state index in [-0.39, 0.29) is 11.8 Å². The molecule has 0 radical (unpaired) electrons. The predicted molar refractivity (Wildman–Crippen MR) is 90.2 cm³/mol. The summed E-state index contributed by atoms with van der Waals surface area (Å²) in [6.45, 7) is 0. The summed E-state index contributed by atoms with van der Waals surface area (Å²) in [5.74, 6) is 0.573. The summed E-state index contributed by atoms with van der Waals surface area (Å²) in [6, 6.07) is 14.0. The van der Waals surface area contributed by atoms with Gasteiger partial charge in [0.25, 0.3) is 0 Å². The van der Waals surface area contributed by atoms with Crippen molar-refractivity contribution in [1.29, 1.82) is 0 Å². The predicted octanol–water partition coefficient (Wildman–Crippen LogP) is 4.43. The van der Waals surface area contributed by atoms with Crippen molar-refractivity contribution in [3.05, 3.63) is 58.9 Å². The van der Waals surface area contributed by atoms with Crippen LogP contribution in [0.1, 0.15) is 23.6 Å². The van der Waals surface area contributed by atoms with Crippen LogP contribution in [0, 0.1) is 5.92 Å². The van der Waals surface area contributed by atoms with E-state index in [1.807, 2.05) is 30.3 Å². The molecule has 110 valence electrons. The highest BCUT2D eigenvalue weighted by Crippen LogP contribution is 2.44. The van der Waals surface area contributed by atoms with Gasteiger partial charge in [-0.1, -0.05) is 24.3 Å². The number of pyridine rings is 1. The second-order valence-electron chi connectivity index (χ2n) is 5.68. The van der Waals surface area contributed by atoms with E-state index in [4.69, 9.17) is 0 Å². The number of aromatic nitrogens is 1. The van der Waals surface area contributed by atoms with Gasteiger partial charge in [0.2, 0.25) is 5.91 Å². The van der Waals surface area contributed by atoms with Gasteiger partial charge in [-0.25, -0.2) is 0 Å². The molecule has 0 spiro atoms. The van der Waals surface area contributed by atoms with Gasteiger partial charge in [-0.2, -0.15) is 0 Å². The average molecular weight is 308 g/mol. The molecule has 4 rings (SSSR count). The Morgan fingerprint density at radius 3 is 2.82 bits per heavy atom. The molecule has 0 unspecified atom stereocenters. The van der Waals surface area contributed by atoms with Gasteiger partial charge in [0, 0.05) is 28.3 Å². The molecular weight excluding hydrogens is 292 g/mol. The number of carbonyl (C=O) groups excluding carboxylic acids is 1. The van der Waals surface area contributed by atoms with Crippen LogP contribution in [0.3, 0.4) is 0 Å². The molecule has 2 atom stereocenters. The zero-order valence-electron chi connectivity index (χ0n) is 12.0. The Kier molecular flexibility index (Phi) is 3.39. The van der Waals surface area contributed by atoms with Gasteiger partial charge in [-0.15, -0.1) is 11.3 Å². The maximum Gasteiger partial charge on any atom is 0.228 e. The summed E-state index contributed by atoms with van der Waals surface area (Å²) in [6.07, 6.45) is 3.83. The molecule has 1 N–H and O–H groups in total. The fourth-order valence-electron chi connectivity index (χ4n) is 3.09. The fourth-order valence-corrected chi connectivity index (χ4v) is 4.02. The van der Waals surface area contributed by atoms with Crippen LogP contribution in [0.4, 0.5) is 5.69 Å². The Labute approximate surface area is 133 Å². The standard InChI is InChI=1S/C18H16N2OS/c21-18(14-9-8-13(14)16-7-3-11-22-16)20-15-6-1-4-12-5-2-10-19-17(12)15/h1-7,10-11,13-14H,8-9H2,(H,20,21)/t13-,14+/m0/s1. The highest BCUT2D eigenvalue weighted by Gasteiger charge is 2.38. The molecule has 0 bridgehead atoms. The summed E-state index contributed by atoms with van der Waals surface area (Å²) in [5, 5.41) is 6.21. The molecule has 3 aromatic rings. The minimum absolute atomic E-state index is 0.0811. The minimum Gasteiger partial charge on any atom is -0.324 e. The molecule has 2 heterocycles. The number of hydrogen-bond donors (Lipinski definition) is 1. The molecule has 1 amide bonds. The Morgan fingerprint density at radius 1 is 1.14 bits per heavy atom. The van der Waals surface area contributed by atoms with Crippen molar-refractivity contribution in [1.82, 2.24) is 4.98 Å². The molecule has 1 aliphatic rings. The third-order valence-electron chi connectivity index (χ3n) is 4.41. The van der Waals surface area contributed by atoms with Crippen LogP contribution in [0.25, 0.3) is 10.9 Å². The van der Waals surface area contributed by atoms with E-state index in [2.05, 4.69) is 27.8 Å². The van der Waals surface area contributed by atoms with Crippen LogP contribution in [0.2, 0.25) is 0 Å². The molecule has 22 heavy (non-hydrogen) atoms. The number of benzene rings is 1. The molecule has 1 aliphatic carbocycles. The summed E-state index contributed by atoms with van der Waals surface area (Å²) < 4.78 is 0. The van der Waals surface area contributed by atoms with Crippen LogP contribution in [-0.4, -0.2) is 10.9 Å². The molecule has 1 fully saturated rings. The van der Waals surface area contributed by atoms with Crippen molar-refractivity contribution >= 4 is 33.8 Å². The first kappa shape index (κ1) is 13.5. The first-order valence-corrected chi connectivity index (χ1v) is 8.39.